The number of hydrogen-bond acceptors (Lipinski definition) is 5. The monoisotopic (exact) mass is 261 g/mol. The van der Waals surface area contributed by atoms with Crippen molar-refractivity contribution in [3.05, 3.63) is 47.1 Å². The van der Waals surface area contributed by atoms with Crippen LogP contribution in [0.15, 0.2) is 28.8 Å². The molecule has 1 aromatic heterocycles. The van der Waals surface area contributed by atoms with Crippen LogP contribution in [0.5, 0.6) is 0 Å². The second kappa shape index (κ2) is 7.01. The van der Waals surface area contributed by atoms with E-state index in [1.807, 2.05) is 0 Å². The van der Waals surface area contributed by atoms with Crippen molar-refractivity contribution in [3.8, 4) is 0 Å². The van der Waals surface area contributed by atoms with Gasteiger partial charge in [-0.15, -0.1) is 0 Å². The van der Waals surface area contributed by atoms with Crippen molar-refractivity contribution < 1.29 is 9.26 Å². The Morgan fingerprint density at radius 1 is 1.21 bits per heavy atom. The van der Waals surface area contributed by atoms with Crippen molar-refractivity contribution in [2.75, 3.05) is 13.7 Å². The number of ether oxygens (including phenoxy) is 1. The molecule has 0 atom stereocenters. The van der Waals surface area contributed by atoms with E-state index in [1.54, 1.807) is 14.0 Å². The van der Waals surface area contributed by atoms with E-state index in [9.17, 15) is 0 Å². The van der Waals surface area contributed by atoms with Gasteiger partial charge in [0.1, 0.15) is 0 Å². The maximum Gasteiger partial charge on any atom is 0.223 e. The standard InChI is InChI=1S/C14H19N3O2/c1-11-16-14(17-19-11)7-8-15-9-12-3-5-13(6-4-12)10-18-2/h3-6,15H,7-10H2,1-2H3. The van der Waals surface area contributed by atoms with Crippen molar-refractivity contribution in [3.63, 3.8) is 0 Å². The van der Waals surface area contributed by atoms with Gasteiger partial charge in [-0.25, -0.2) is 0 Å². The number of methoxy groups -OCH3 is 1. The maximum atomic E-state index is 5.08. The first-order valence-corrected chi connectivity index (χ1v) is 6.34. The highest BCUT2D eigenvalue weighted by molar-refractivity contribution is 5.21. The third-order valence-electron chi connectivity index (χ3n) is 2.76. The molecular formula is C14H19N3O2. The number of aryl methyl sites for hydroxylation is 1. The molecule has 0 bridgehead atoms. The van der Waals surface area contributed by atoms with Gasteiger partial charge in [0.15, 0.2) is 5.82 Å². The number of nitrogens with one attached hydrogen (secondary N) is 1. The fourth-order valence-corrected chi connectivity index (χ4v) is 1.80. The molecule has 5 nitrogen and oxygen atoms in total. The van der Waals surface area contributed by atoms with Crippen molar-refractivity contribution in [1.82, 2.24) is 15.5 Å². The molecule has 0 saturated carbocycles. The Hall–Kier alpha value is -1.72. The smallest absolute Gasteiger partial charge is 0.223 e. The molecule has 0 amide bonds. The van der Waals surface area contributed by atoms with Crippen LogP contribution < -0.4 is 5.32 Å². The van der Waals surface area contributed by atoms with Crippen molar-refractivity contribution in [1.29, 1.82) is 0 Å². The lowest BCUT2D eigenvalue weighted by Crippen LogP contribution is -2.17. The largest absolute Gasteiger partial charge is 0.380 e. The fraction of sp³-hybridized carbons (Fsp3) is 0.429. The van der Waals surface area contributed by atoms with Gasteiger partial charge < -0.3 is 14.6 Å². The number of benzene rings is 1. The van der Waals surface area contributed by atoms with Crippen LogP contribution in [0, 0.1) is 6.92 Å². The van der Waals surface area contributed by atoms with Gasteiger partial charge in [0, 0.05) is 33.5 Å². The van der Waals surface area contributed by atoms with Crippen molar-refractivity contribution >= 4 is 0 Å². The molecule has 102 valence electrons. The van der Waals surface area contributed by atoms with Gasteiger partial charge in [0.2, 0.25) is 5.89 Å². The molecule has 1 N–H and O–H groups in total. The van der Waals surface area contributed by atoms with Crippen LogP contribution in [0.4, 0.5) is 0 Å². The van der Waals surface area contributed by atoms with Crippen molar-refractivity contribution in [2.24, 2.45) is 0 Å². The molecule has 0 fully saturated rings. The third kappa shape index (κ3) is 4.46. The quantitative estimate of drug-likeness (QED) is 0.771. The summed E-state index contributed by atoms with van der Waals surface area (Å²) in [6, 6.07) is 8.39. The molecule has 5 heteroatoms. The van der Waals surface area contributed by atoms with E-state index in [1.165, 1.54) is 11.1 Å². The zero-order chi connectivity index (χ0) is 13.5. The van der Waals surface area contributed by atoms with Crippen LogP contribution in [0.2, 0.25) is 0 Å². The van der Waals surface area contributed by atoms with E-state index in [0.29, 0.717) is 12.5 Å². The molecule has 19 heavy (non-hydrogen) atoms. The summed E-state index contributed by atoms with van der Waals surface area (Å²) in [6.07, 6.45) is 0.777. The molecule has 0 radical (unpaired) electrons. The van der Waals surface area contributed by atoms with Crippen LogP contribution in [-0.2, 0) is 24.3 Å². The van der Waals surface area contributed by atoms with Crippen LogP contribution in [0.25, 0.3) is 0 Å². The first kappa shape index (κ1) is 13.7. The average molecular weight is 261 g/mol. The maximum absolute atomic E-state index is 5.08. The second-order valence-electron chi connectivity index (χ2n) is 4.41. The summed E-state index contributed by atoms with van der Waals surface area (Å²) >= 11 is 0. The van der Waals surface area contributed by atoms with Gasteiger partial charge in [-0.05, 0) is 11.1 Å². The Kier molecular flexibility index (Phi) is 5.06. The third-order valence-corrected chi connectivity index (χ3v) is 2.76. The zero-order valence-corrected chi connectivity index (χ0v) is 11.3. The lowest BCUT2D eigenvalue weighted by atomic mass is 10.1. The second-order valence-corrected chi connectivity index (χ2v) is 4.41. The molecule has 0 aliphatic heterocycles. The topological polar surface area (TPSA) is 60.2 Å². The number of nitrogens with zero attached hydrogens (tertiary/aromatic N) is 2. The molecule has 2 rings (SSSR count). The van der Waals surface area contributed by atoms with E-state index in [-0.39, 0.29) is 0 Å². The van der Waals surface area contributed by atoms with Gasteiger partial charge in [-0.2, -0.15) is 4.98 Å². The molecule has 0 aliphatic carbocycles. The summed E-state index contributed by atoms with van der Waals surface area (Å²) in [5, 5.41) is 7.21. The highest BCUT2D eigenvalue weighted by atomic mass is 16.5. The summed E-state index contributed by atoms with van der Waals surface area (Å²) in [6.45, 7) is 4.12. The van der Waals surface area contributed by atoms with E-state index >= 15 is 0 Å². The number of hydrogen-bond donors (Lipinski definition) is 1. The predicted molar refractivity (Wildman–Crippen MR) is 71.6 cm³/mol. The summed E-state index contributed by atoms with van der Waals surface area (Å²) in [5.41, 5.74) is 2.44. The average Bonchev–Trinajstić information content (AvgIpc) is 2.83. The van der Waals surface area contributed by atoms with Crippen LogP contribution >= 0.6 is 0 Å². The molecule has 0 aliphatic rings. The Morgan fingerprint density at radius 2 is 1.95 bits per heavy atom. The summed E-state index contributed by atoms with van der Waals surface area (Å²) in [5.74, 6) is 1.36. The Balaban J connectivity index is 1.70. The van der Waals surface area contributed by atoms with Crippen LogP contribution in [0.3, 0.4) is 0 Å². The summed E-state index contributed by atoms with van der Waals surface area (Å²) in [7, 11) is 1.70. The number of rotatable bonds is 7. The first-order valence-electron chi connectivity index (χ1n) is 6.34. The fourth-order valence-electron chi connectivity index (χ4n) is 1.80. The minimum Gasteiger partial charge on any atom is -0.380 e. The zero-order valence-electron chi connectivity index (χ0n) is 11.3. The lowest BCUT2D eigenvalue weighted by Gasteiger charge is -2.05. The highest BCUT2D eigenvalue weighted by Gasteiger charge is 2.01. The van der Waals surface area contributed by atoms with E-state index < -0.39 is 0 Å². The van der Waals surface area contributed by atoms with Crippen molar-refractivity contribution in [2.45, 2.75) is 26.5 Å². The number of aromatic nitrogens is 2. The van der Waals surface area contributed by atoms with E-state index in [4.69, 9.17) is 9.26 Å². The molecule has 2 aromatic rings. The SMILES string of the molecule is COCc1ccc(CNCCc2noc(C)n2)cc1. The van der Waals surface area contributed by atoms with Gasteiger partial charge in [0.25, 0.3) is 0 Å². The Morgan fingerprint density at radius 3 is 2.58 bits per heavy atom. The minimum absolute atomic E-state index is 0.615. The van der Waals surface area contributed by atoms with Gasteiger partial charge >= 0.3 is 0 Å². The normalized spacial score (nSPS) is 10.8. The van der Waals surface area contributed by atoms with Gasteiger partial charge in [-0.3, -0.25) is 0 Å². The van der Waals surface area contributed by atoms with E-state index in [2.05, 4.69) is 39.7 Å². The van der Waals surface area contributed by atoms with Crippen LogP contribution in [-0.4, -0.2) is 23.8 Å². The Bertz CT molecular complexity index is 494. The molecule has 0 unspecified atom stereocenters. The molecular weight excluding hydrogens is 242 g/mol. The molecule has 1 aromatic carbocycles. The molecule has 1 heterocycles. The van der Waals surface area contributed by atoms with E-state index in [0.717, 1.165) is 25.3 Å². The van der Waals surface area contributed by atoms with Crippen LogP contribution in [0.1, 0.15) is 22.8 Å². The molecule has 0 spiro atoms. The molecule has 0 saturated heterocycles. The Labute approximate surface area is 113 Å². The minimum atomic E-state index is 0.615. The lowest BCUT2D eigenvalue weighted by molar-refractivity contribution is 0.185. The van der Waals surface area contributed by atoms with Gasteiger partial charge in [0.05, 0.1) is 6.61 Å². The predicted octanol–water partition coefficient (Wildman–Crippen LogP) is 1.86. The highest BCUT2D eigenvalue weighted by Crippen LogP contribution is 2.05. The summed E-state index contributed by atoms with van der Waals surface area (Å²) < 4.78 is 9.99. The first-order chi connectivity index (χ1) is 9.28. The summed E-state index contributed by atoms with van der Waals surface area (Å²) in [4.78, 5) is 4.16. The van der Waals surface area contributed by atoms with Gasteiger partial charge in [-0.1, -0.05) is 29.4 Å².